The van der Waals surface area contributed by atoms with Crippen molar-refractivity contribution in [3.63, 3.8) is 0 Å². The fourth-order valence-corrected chi connectivity index (χ4v) is 3.02. The Hall–Kier alpha value is -3.15. The first-order chi connectivity index (χ1) is 12.5. The molecule has 0 bridgehead atoms. The van der Waals surface area contributed by atoms with Crippen molar-refractivity contribution in [2.45, 2.75) is 26.4 Å². The van der Waals surface area contributed by atoms with Gasteiger partial charge in [0.2, 0.25) is 0 Å². The van der Waals surface area contributed by atoms with E-state index < -0.39 is 23.7 Å². The number of aliphatic hydroxyl groups excluding tert-OH is 1. The Morgan fingerprint density at radius 2 is 2.00 bits per heavy atom. The van der Waals surface area contributed by atoms with Crippen molar-refractivity contribution < 1.29 is 19.4 Å². The molecule has 1 N–H and O–H groups in total. The van der Waals surface area contributed by atoms with Gasteiger partial charge in [0.15, 0.2) is 5.76 Å². The van der Waals surface area contributed by atoms with Gasteiger partial charge in [-0.05, 0) is 31.0 Å². The van der Waals surface area contributed by atoms with Gasteiger partial charge in [-0.1, -0.05) is 35.9 Å². The lowest BCUT2D eigenvalue weighted by molar-refractivity contribution is -0.139. The van der Waals surface area contributed by atoms with Gasteiger partial charge in [0, 0.05) is 18.9 Å². The predicted molar refractivity (Wildman–Crippen MR) is 95.0 cm³/mol. The van der Waals surface area contributed by atoms with E-state index in [4.69, 9.17) is 4.74 Å². The van der Waals surface area contributed by atoms with Crippen molar-refractivity contribution in [2.24, 2.45) is 0 Å². The Kier molecular flexibility index (Phi) is 5.02. The molecule has 1 aliphatic rings. The topological polar surface area (TPSA) is 79.7 Å². The monoisotopic (exact) mass is 352 g/mol. The largest absolute Gasteiger partial charge is 0.503 e. The van der Waals surface area contributed by atoms with E-state index in [9.17, 15) is 14.7 Å². The maximum Gasteiger partial charge on any atom is 0.340 e. The molecule has 1 atom stereocenters. The second-order valence-electron chi connectivity index (χ2n) is 6.09. The lowest BCUT2D eigenvalue weighted by atomic mass is 9.98. The maximum absolute atomic E-state index is 12.7. The highest BCUT2D eigenvalue weighted by atomic mass is 16.5. The number of carbonyl (C=O) groups is 2. The van der Waals surface area contributed by atoms with Crippen molar-refractivity contribution in [1.29, 1.82) is 0 Å². The van der Waals surface area contributed by atoms with E-state index in [2.05, 4.69) is 4.98 Å². The Morgan fingerprint density at radius 3 is 2.62 bits per heavy atom. The first-order valence-corrected chi connectivity index (χ1v) is 8.39. The molecule has 0 unspecified atom stereocenters. The summed E-state index contributed by atoms with van der Waals surface area (Å²) < 4.78 is 5.07. The molecule has 6 nitrogen and oxygen atoms in total. The van der Waals surface area contributed by atoms with Crippen molar-refractivity contribution in [3.05, 3.63) is 76.8 Å². The van der Waals surface area contributed by atoms with E-state index in [-0.39, 0.29) is 18.7 Å². The van der Waals surface area contributed by atoms with Crippen LogP contribution in [0.2, 0.25) is 0 Å². The smallest absolute Gasteiger partial charge is 0.340 e. The van der Waals surface area contributed by atoms with Crippen molar-refractivity contribution in [1.82, 2.24) is 9.88 Å². The fourth-order valence-electron chi connectivity index (χ4n) is 3.02. The second-order valence-corrected chi connectivity index (χ2v) is 6.09. The van der Waals surface area contributed by atoms with Crippen LogP contribution in [0.3, 0.4) is 0 Å². The van der Waals surface area contributed by atoms with Crippen LogP contribution in [0.1, 0.15) is 29.7 Å². The zero-order valence-electron chi connectivity index (χ0n) is 14.7. The van der Waals surface area contributed by atoms with Crippen LogP contribution in [0.5, 0.6) is 0 Å². The average Bonchev–Trinajstić information content (AvgIpc) is 2.88. The lowest BCUT2D eigenvalue weighted by Crippen LogP contribution is -2.31. The van der Waals surface area contributed by atoms with Crippen LogP contribution >= 0.6 is 0 Å². The van der Waals surface area contributed by atoms with Gasteiger partial charge in [0.1, 0.15) is 5.57 Å². The Morgan fingerprint density at radius 1 is 1.27 bits per heavy atom. The van der Waals surface area contributed by atoms with Gasteiger partial charge in [-0.25, -0.2) is 4.79 Å². The highest BCUT2D eigenvalue weighted by Crippen LogP contribution is 2.38. The van der Waals surface area contributed by atoms with E-state index >= 15 is 0 Å². The summed E-state index contributed by atoms with van der Waals surface area (Å²) in [5.74, 6) is -1.84. The molecule has 26 heavy (non-hydrogen) atoms. The number of benzene rings is 1. The SMILES string of the molecule is CCOC(=O)C1=C(O)C(=O)N(Cc2cccnc2)[C@H]1c1ccc(C)cc1. The summed E-state index contributed by atoms with van der Waals surface area (Å²) in [5, 5.41) is 10.4. The number of pyridine rings is 1. The first-order valence-electron chi connectivity index (χ1n) is 8.39. The van der Waals surface area contributed by atoms with Crippen molar-refractivity contribution >= 4 is 11.9 Å². The number of aromatic nitrogens is 1. The molecule has 0 saturated heterocycles. The summed E-state index contributed by atoms with van der Waals surface area (Å²) in [6.07, 6.45) is 3.30. The molecule has 134 valence electrons. The van der Waals surface area contributed by atoms with Crippen LogP contribution in [0, 0.1) is 6.92 Å². The number of aliphatic hydroxyl groups is 1. The number of aryl methyl sites for hydroxylation is 1. The summed E-state index contributed by atoms with van der Waals surface area (Å²) in [6.45, 7) is 4.02. The fraction of sp³-hybridized carbons (Fsp3) is 0.250. The second kappa shape index (κ2) is 7.39. The van der Waals surface area contributed by atoms with Gasteiger partial charge in [0.25, 0.3) is 5.91 Å². The number of carbonyl (C=O) groups excluding carboxylic acids is 2. The molecule has 0 aliphatic carbocycles. The molecule has 0 fully saturated rings. The summed E-state index contributed by atoms with van der Waals surface area (Å²) in [6, 6.07) is 10.4. The van der Waals surface area contributed by atoms with E-state index in [1.54, 1.807) is 25.4 Å². The summed E-state index contributed by atoms with van der Waals surface area (Å²) in [7, 11) is 0. The molecule has 2 aromatic rings. The molecule has 1 aliphatic heterocycles. The normalized spacial score (nSPS) is 16.9. The van der Waals surface area contributed by atoms with Gasteiger partial charge in [0.05, 0.1) is 12.6 Å². The number of rotatable bonds is 5. The number of ether oxygens (including phenoxy) is 1. The summed E-state index contributed by atoms with van der Waals surface area (Å²) >= 11 is 0. The number of nitrogens with zero attached hydrogens (tertiary/aromatic N) is 2. The molecule has 6 heteroatoms. The third kappa shape index (κ3) is 3.31. The number of hydrogen-bond donors (Lipinski definition) is 1. The standard InChI is InChI=1S/C20H20N2O4/c1-3-26-20(25)16-17(15-8-6-13(2)7-9-15)22(19(24)18(16)23)12-14-5-4-10-21-11-14/h4-11,17,23H,3,12H2,1-2H3/t17-/m0/s1. The maximum atomic E-state index is 12.7. The Labute approximate surface area is 151 Å². The third-order valence-corrected chi connectivity index (χ3v) is 4.27. The van der Waals surface area contributed by atoms with E-state index in [1.165, 1.54) is 4.90 Å². The number of hydrogen-bond acceptors (Lipinski definition) is 5. The molecule has 1 aromatic carbocycles. The Balaban J connectivity index is 2.04. The summed E-state index contributed by atoms with van der Waals surface area (Å²) in [4.78, 5) is 30.6. The molecule has 3 rings (SSSR count). The molecule has 0 radical (unpaired) electrons. The lowest BCUT2D eigenvalue weighted by Gasteiger charge is -2.26. The minimum atomic E-state index is -0.706. The van der Waals surface area contributed by atoms with Crippen LogP contribution < -0.4 is 0 Å². The van der Waals surface area contributed by atoms with Gasteiger partial charge >= 0.3 is 5.97 Å². The van der Waals surface area contributed by atoms with Gasteiger partial charge in [-0.3, -0.25) is 9.78 Å². The first kappa shape index (κ1) is 17.7. The van der Waals surface area contributed by atoms with Gasteiger partial charge < -0.3 is 14.7 Å². The zero-order valence-corrected chi connectivity index (χ0v) is 14.7. The molecule has 1 amide bonds. The summed E-state index contributed by atoms with van der Waals surface area (Å²) in [5.41, 5.74) is 2.57. The molecule has 2 heterocycles. The molecular weight excluding hydrogens is 332 g/mol. The van der Waals surface area contributed by atoms with E-state index in [1.807, 2.05) is 37.3 Å². The highest BCUT2D eigenvalue weighted by molar-refractivity contribution is 6.06. The average molecular weight is 352 g/mol. The van der Waals surface area contributed by atoms with E-state index in [0.29, 0.717) is 0 Å². The van der Waals surface area contributed by atoms with Crippen LogP contribution in [-0.2, 0) is 20.9 Å². The molecule has 0 spiro atoms. The van der Waals surface area contributed by atoms with Gasteiger partial charge in [-0.2, -0.15) is 0 Å². The van der Waals surface area contributed by atoms with Crippen LogP contribution in [-0.4, -0.2) is 33.5 Å². The quantitative estimate of drug-likeness (QED) is 0.837. The predicted octanol–water partition coefficient (Wildman–Crippen LogP) is 2.85. The van der Waals surface area contributed by atoms with Crippen LogP contribution in [0.4, 0.5) is 0 Å². The van der Waals surface area contributed by atoms with E-state index in [0.717, 1.165) is 16.7 Å². The third-order valence-electron chi connectivity index (χ3n) is 4.27. The Bertz CT molecular complexity index is 844. The van der Waals surface area contributed by atoms with Gasteiger partial charge in [-0.15, -0.1) is 0 Å². The molecular formula is C20H20N2O4. The minimum Gasteiger partial charge on any atom is -0.503 e. The zero-order chi connectivity index (χ0) is 18.7. The van der Waals surface area contributed by atoms with Crippen LogP contribution in [0.25, 0.3) is 0 Å². The van der Waals surface area contributed by atoms with Crippen molar-refractivity contribution in [3.8, 4) is 0 Å². The van der Waals surface area contributed by atoms with Crippen molar-refractivity contribution in [2.75, 3.05) is 6.61 Å². The molecule has 0 saturated carbocycles. The molecule has 1 aromatic heterocycles. The number of esters is 1. The highest BCUT2D eigenvalue weighted by Gasteiger charge is 2.44. The number of amides is 1. The van der Waals surface area contributed by atoms with Crippen LogP contribution in [0.15, 0.2) is 60.1 Å². The minimum absolute atomic E-state index is 0.0235.